The monoisotopic (exact) mass is 361 g/mol. The summed E-state index contributed by atoms with van der Waals surface area (Å²) in [5, 5.41) is 6.17. The number of hydrogen-bond donors (Lipinski definition) is 2. The molecule has 0 radical (unpaired) electrons. The van der Waals surface area contributed by atoms with Gasteiger partial charge in [-0.15, -0.1) is 0 Å². The van der Waals surface area contributed by atoms with E-state index in [2.05, 4.69) is 15.6 Å². The average Bonchev–Trinajstić information content (AvgIpc) is 2.55. The van der Waals surface area contributed by atoms with Crippen LogP contribution in [0.5, 0.6) is 11.5 Å². The van der Waals surface area contributed by atoms with Crippen LogP contribution in [-0.2, 0) is 0 Å². The van der Waals surface area contributed by atoms with Gasteiger partial charge < -0.3 is 20.1 Å². The maximum absolute atomic E-state index is 12.1. The lowest BCUT2D eigenvalue weighted by Gasteiger charge is -2.14. The van der Waals surface area contributed by atoms with Crippen LogP contribution >= 0.6 is 0 Å². The molecule has 0 aliphatic rings. The van der Waals surface area contributed by atoms with Crippen molar-refractivity contribution >= 4 is 11.6 Å². The van der Waals surface area contributed by atoms with Crippen LogP contribution in [0.1, 0.15) is 33.1 Å². The molecule has 0 aromatic heterocycles. The summed E-state index contributed by atoms with van der Waals surface area (Å²) >= 11 is 0. The molecule has 142 valence electrons. The van der Waals surface area contributed by atoms with Gasteiger partial charge in [-0.2, -0.15) is 13.2 Å². The number of methoxy groups -OCH3 is 1. The van der Waals surface area contributed by atoms with E-state index in [0.29, 0.717) is 43.6 Å². The Morgan fingerprint density at radius 3 is 2.52 bits per heavy atom. The molecule has 0 heterocycles. The lowest BCUT2D eigenvalue weighted by molar-refractivity contribution is -0.135. The van der Waals surface area contributed by atoms with Crippen LogP contribution in [0, 0.1) is 0 Å². The highest BCUT2D eigenvalue weighted by Crippen LogP contribution is 2.30. The molecule has 0 bridgehead atoms. The Hall–Kier alpha value is -2.12. The van der Waals surface area contributed by atoms with E-state index in [9.17, 15) is 13.2 Å². The predicted molar refractivity (Wildman–Crippen MR) is 93.7 cm³/mol. The fourth-order valence-corrected chi connectivity index (χ4v) is 2.09. The molecule has 2 N–H and O–H groups in total. The van der Waals surface area contributed by atoms with Crippen molar-refractivity contribution in [2.45, 2.75) is 39.3 Å². The predicted octanol–water partition coefficient (Wildman–Crippen LogP) is 4.20. The number of hydrogen-bond acceptors (Lipinski definition) is 3. The summed E-state index contributed by atoms with van der Waals surface area (Å²) in [6.45, 7) is 5.30. The SMILES string of the molecule is CCNC(=NCCCCC(F)(F)F)Nc1ccc(OCC)c(OC)c1. The van der Waals surface area contributed by atoms with Crippen molar-refractivity contribution in [3.05, 3.63) is 18.2 Å². The number of aliphatic imine (C=N–C) groups is 1. The van der Waals surface area contributed by atoms with Gasteiger partial charge in [-0.25, -0.2) is 0 Å². The molecule has 1 aromatic rings. The maximum Gasteiger partial charge on any atom is 0.389 e. The Labute approximate surface area is 146 Å². The van der Waals surface area contributed by atoms with Gasteiger partial charge in [0.15, 0.2) is 17.5 Å². The Balaban J connectivity index is 2.65. The van der Waals surface area contributed by atoms with E-state index in [1.165, 1.54) is 0 Å². The second kappa shape index (κ2) is 10.7. The molecule has 1 aromatic carbocycles. The smallest absolute Gasteiger partial charge is 0.389 e. The number of benzene rings is 1. The van der Waals surface area contributed by atoms with Gasteiger partial charge in [0.1, 0.15) is 0 Å². The maximum atomic E-state index is 12.1. The summed E-state index contributed by atoms with van der Waals surface area (Å²) in [6.07, 6.45) is -4.43. The minimum Gasteiger partial charge on any atom is -0.493 e. The standard InChI is InChI=1S/C17H26F3N3O2/c1-4-21-16(22-11-7-6-10-17(18,19)20)23-13-8-9-14(25-5-2)15(12-13)24-3/h8-9,12H,4-7,10-11H2,1-3H3,(H2,21,22,23). The minimum absolute atomic E-state index is 0.0727. The number of rotatable bonds is 9. The molecule has 0 aliphatic carbocycles. The zero-order valence-corrected chi connectivity index (χ0v) is 14.9. The summed E-state index contributed by atoms with van der Waals surface area (Å²) in [5.41, 5.74) is 0.746. The lowest BCUT2D eigenvalue weighted by atomic mass is 10.2. The zero-order chi connectivity index (χ0) is 18.7. The van der Waals surface area contributed by atoms with Crippen LogP contribution in [0.2, 0.25) is 0 Å². The van der Waals surface area contributed by atoms with Crippen LogP contribution in [0.3, 0.4) is 0 Å². The third kappa shape index (κ3) is 8.51. The van der Waals surface area contributed by atoms with Crippen LogP contribution < -0.4 is 20.1 Å². The van der Waals surface area contributed by atoms with E-state index in [4.69, 9.17) is 9.47 Å². The molecule has 0 unspecified atom stereocenters. The number of nitrogens with one attached hydrogen (secondary N) is 2. The topological polar surface area (TPSA) is 54.9 Å². The number of alkyl halides is 3. The molecule has 5 nitrogen and oxygen atoms in total. The molecule has 1 rings (SSSR count). The third-order valence-electron chi connectivity index (χ3n) is 3.21. The van der Waals surface area contributed by atoms with Gasteiger partial charge in [-0.05, 0) is 38.8 Å². The lowest BCUT2D eigenvalue weighted by Crippen LogP contribution is -2.30. The summed E-state index contributed by atoms with van der Waals surface area (Å²) in [7, 11) is 1.56. The van der Waals surface area contributed by atoms with E-state index >= 15 is 0 Å². The molecule has 0 atom stereocenters. The van der Waals surface area contributed by atoms with E-state index in [0.717, 1.165) is 5.69 Å². The van der Waals surface area contributed by atoms with Crippen LogP contribution in [0.15, 0.2) is 23.2 Å². The first kappa shape index (κ1) is 20.9. The molecule has 0 saturated heterocycles. The first-order chi connectivity index (χ1) is 11.9. The number of halogens is 3. The number of guanidine groups is 1. The van der Waals surface area contributed by atoms with Gasteiger partial charge in [-0.3, -0.25) is 4.99 Å². The zero-order valence-electron chi connectivity index (χ0n) is 14.9. The quantitative estimate of drug-likeness (QED) is 0.393. The Kier molecular flexibility index (Phi) is 8.94. The van der Waals surface area contributed by atoms with E-state index in [-0.39, 0.29) is 6.42 Å². The highest BCUT2D eigenvalue weighted by Gasteiger charge is 2.25. The molecule has 0 spiro atoms. The highest BCUT2D eigenvalue weighted by atomic mass is 19.4. The minimum atomic E-state index is -4.11. The average molecular weight is 361 g/mol. The van der Waals surface area contributed by atoms with Crippen molar-refractivity contribution in [1.82, 2.24) is 5.32 Å². The Bertz CT molecular complexity index is 548. The summed E-state index contributed by atoms with van der Waals surface area (Å²) in [4.78, 5) is 4.30. The van der Waals surface area contributed by atoms with E-state index < -0.39 is 12.6 Å². The van der Waals surface area contributed by atoms with Gasteiger partial charge in [0.25, 0.3) is 0 Å². The van der Waals surface area contributed by atoms with Crippen molar-refractivity contribution in [3.8, 4) is 11.5 Å². The van der Waals surface area contributed by atoms with Gasteiger partial charge in [0.2, 0.25) is 0 Å². The second-order valence-corrected chi connectivity index (χ2v) is 5.26. The van der Waals surface area contributed by atoms with Crippen LogP contribution in [0.25, 0.3) is 0 Å². The number of unbranched alkanes of at least 4 members (excludes halogenated alkanes) is 1. The molecule has 0 amide bonds. The van der Waals surface area contributed by atoms with E-state index in [1.54, 1.807) is 19.2 Å². The van der Waals surface area contributed by atoms with E-state index in [1.807, 2.05) is 19.9 Å². The molecule has 25 heavy (non-hydrogen) atoms. The summed E-state index contributed by atoms with van der Waals surface area (Å²) in [6, 6.07) is 5.39. The van der Waals surface area contributed by atoms with Crippen molar-refractivity contribution in [2.24, 2.45) is 4.99 Å². The third-order valence-corrected chi connectivity index (χ3v) is 3.21. The molecule has 8 heteroatoms. The highest BCUT2D eigenvalue weighted by molar-refractivity contribution is 5.93. The normalized spacial score (nSPS) is 12.0. The first-order valence-corrected chi connectivity index (χ1v) is 8.32. The van der Waals surface area contributed by atoms with Gasteiger partial charge in [0.05, 0.1) is 13.7 Å². The fourth-order valence-electron chi connectivity index (χ4n) is 2.09. The van der Waals surface area contributed by atoms with Crippen molar-refractivity contribution in [1.29, 1.82) is 0 Å². The van der Waals surface area contributed by atoms with Gasteiger partial charge in [-0.1, -0.05) is 0 Å². The molecule has 0 saturated carbocycles. The van der Waals surface area contributed by atoms with Crippen molar-refractivity contribution in [3.63, 3.8) is 0 Å². The molecule has 0 aliphatic heterocycles. The fraction of sp³-hybridized carbons (Fsp3) is 0.588. The van der Waals surface area contributed by atoms with Gasteiger partial charge in [0, 0.05) is 31.3 Å². The Morgan fingerprint density at radius 1 is 1.16 bits per heavy atom. The largest absolute Gasteiger partial charge is 0.493 e. The Morgan fingerprint density at radius 2 is 1.92 bits per heavy atom. The molecular weight excluding hydrogens is 335 g/mol. The first-order valence-electron chi connectivity index (χ1n) is 8.32. The summed E-state index contributed by atoms with van der Waals surface area (Å²) < 4.78 is 47.1. The number of anilines is 1. The number of ether oxygens (including phenoxy) is 2. The van der Waals surface area contributed by atoms with Crippen LogP contribution in [-0.4, -0.2) is 38.9 Å². The van der Waals surface area contributed by atoms with Crippen LogP contribution in [0.4, 0.5) is 18.9 Å². The van der Waals surface area contributed by atoms with Crippen molar-refractivity contribution in [2.75, 3.05) is 32.1 Å². The molecular formula is C17H26F3N3O2. The second-order valence-electron chi connectivity index (χ2n) is 5.26. The number of nitrogens with zero attached hydrogens (tertiary/aromatic N) is 1. The molecule has 0 fully saturated rings. The summed E-state index contributed by atoms with van der Waals surface area (Å²) in [5.74, 6) is 1.75. The van der Waals surface area contributed by atoms with Gasteiger partial charge >= 0.3 is 6.18 Å². The van der Waals surface area contributed by atoms with Crippen molar-refractivity contribution < 1.29 is 22.6 Å².